The normalized spacial score (nSPS) is 12.7. The first-order valence-corrected chi connectivity index (χ1v) is 7.00. The molecule has 1 aliphatic heterocycles. The van der Waals surface area contributed by atoms with Gasteiger partial charge in [0.25, 0.3) is 0 Å². The first-order valence-electron chi connectivity index (χ1n) is 5.61. The van der Waals surface area contributed by atoms with Gasteiger partial charge in [0, 0.05) is 55.1 Å². The summed E-state index contributed by atoms with van der Waals surface area (Å²) in [4.78, 5) is 24.6. The molecular weight excluding hydrogens is 417 g/mol. The maximum atomic E-state index is 11.9. The standard InChI is InChI=1S/C13H8NO2.C2H5S.Tb/c1-14-12(15)9-6-2-4-8-5-3-7-10(11(8)9)13(14)16;1-3-2;/h2-7H,1H2;1H2,2H3;/q2*-1;. The van der Waals surface area contributed by atoms with Crippen molar-refractivity contribution >= 4 is 34.3 Å². The molecule has 0 fully saturated rings. The van der Waals surface area contributed by atoms with E-state index in [1.807, 2.05) is 30.5 Å². The second-order valence-corrected chi connectivity index (χ2v) is 4.61. The van der Waals surface area contributed by atoms with Crippen LogP contribution in [0, 0.1) is 51.9 Å². The molecule has 0 N–H and O–H groups in total. The molecule has 5 heteroatoms. The molecule has 107 valence electrons. The summed E-state index contributed by atoms with van der Waals surface area (Å²) in [5, 5.41) is 1.64. The van der Waals surface area contributed by atoms with Crippen LogP contribution in [-0.2, 0) is 0 Å². The maximum absolute atomic E-state index is 11.9. The van der Waals surface area contributed by atoms with Crippen LogP contribution in [0.25, 0.3) is 10.8 Å². The predicted molar refractivity (Wildman–Crippen MR) is 78.7 cm³/mol. The molecule has 0 aliphatic carbocycles. The van der Waals surface area contributed by atoms with Crippen LogP contribution in [0.3, 0.4) is 0 Å². The largest absolute Gasteiger partial charge is 0.430 e. The summed E-state index contributed by atoms with van der Waals surface area (Å²) < 4.78 is 0. The number of imide groups is 1. The quantitative estimate of drug-likeness (QED) is 0.475. The monoisotopic (exact) mass is 430 g/mol. The molecule has 3 nitrogen and oxygen atoms in total. The zero-order chi connectivity index (χ0) is 14.0. The van der Waals surface area contributed by atoms with Gasteiger partial charge in [-0.3, -0.25) is 15.8 Å². The van der Waals surface area contributed by atoms with Crippen molar-refractivity contribution in [1.29, 1.82) is 0 Å². The summed E-state index contributed by atoms with van der Waals surface area (Å²) in [5.41, 5.74) is 1.09. The minimum absolute atomic E-state index is 0. The van der Waals surface area contributed by atoms with Crippen LogP contribution >= 0.6 is 11.8 Å². The van der Waals surface area contributed by atoms with Gasteiger partial charge in [0.15, 0.2) is 0 Å². The Morgan fingerprint density at radius 3 is 1.80 bits per heavy atom. The summed E-state index contributed by atoms with van der Waals surface area (Å²) in [6, 6.07) is 10.8. The Bertz CT molecular complexity index is 607. The van der Waals surface area contributed by atoms with E-state index >= 15 is 0 Å². The molecule has 1 heterocycles. The molecule has 0 bridgehead atoms. The van der Waals surface area contributed by atoms with Crippen molar-refractivity contribution in [2.75, 3.05) is 6.26 Å². The number of benzene rings is 2. The second kappa shape index (κ2) is 7.47. The molecule has 1 aliphatic rings. The number of amides is 2. The Morgan fingerprint density at radius 1 is 1.00 bits per heavy atom. The van der Waals surface area contributed by atoms with E-state index in [1.165, 1.54) is 11.8 Å². The SMILES string of the molecule is [CH2-]N1C(=O)c2cccc3cccc(c23)C1=O.[CH2-]SC.[Tb]. The molecule has 0 unspecified atom stereocenters. The fourth-order valence-electron chi connectivity index (χ4n) is 2.08. The summed E-state index contributed by atoms with van der Waals surface area (Å²) in [7, 11) is 3.48. The van der Waals surface area contributed by atoms with E-state index < -0.39 is 0 Å². The van der Waals surface area contributed by atoms with E-state index in [-0.39, 0.29) is 50.4 Å². The third kappa shape index (κ3) is 3.04. The van der Waals surface area contributed by atoms with Crippen molar-refractivity contribution in [3.63, 3.8) is 0 Å². The zero-order valence-corrected chi connectivity index (χ0v) is 13.8. The summed E-state index contributed by atoms with van der Waals surface area (Å²) in [5.74, 6) is -0.677. The Hall–Kier alpha value is -0.524. The van der Waals surface area contributed by atoms with Crippen molar-refractivity contribution < 1.29 is 48.2 Å². The number of carbonyl (C=O) groups is 2. The average molecular weight is 430 g/mol. The Labute approximate surface area is 153 Å². The molecule has 2 aromatic rings. The molecule has 20 heavy (non-hydrogen) atoms. The maximum Gasteiger partial charge on any atom is 0.231 e. The smallest absolute Gasteiger partial charge is 0.231 e. The van der Waals surface area contributed by atoms with Crippen LogP contribution < -0.4 is 0 Å². The minimum atomic E-state index is -0.339. The van der Waals surface area contributed by atoms with E-state index in [0.29, 0.717) is 11.1 Å². The van der Waals surface area contributed by atoms with Gasteiger partial charge < -0.3 is 16.7 Å². The van der Waals surface area contributed by atoms with Gasteiger partial charge in [-0.25, -0.2) is 7.05 Å². The number of nitrogens with zero attached hydrogens (tertiary/aromatic N) is 1. The van der Waals surface area contributed by atoms with Crippen LogP contribution in [0.5, 0.6) is 0 Å². The summed E-state index contributed by atoms with van der Waals surface area (Å²) >= 11 is 1.50. The van der Waals surface area contributed by atoms with E-state index in [1.54, 1.807) is 12.1 Å². The van der Waals surface area contributed by atoms with Crippen LogP contribution in [0.2, 0.25) is 0 Å². The predicted octanol–water partition coefficient (Wildman–Crippen LogP) is 3.37. The van der Waals surface area contributed by atoms with Crippen molar-refractivity contribution in [3.05, 3.63) is 60.8 Å². The summed E-state index contributed by atoms with van der Waals surface area (Å²) in [6.45, 7) is 0. The first-order chi connectivity index (χ1) is 9.11. The van der Waals surface area contributed by atoms with Gasteiger partial charge in [-0.1, -0.05) is 24.3 Å². The van der Waals surface area contributed by atoms with Crippen LogP contribution in [-0.4, -0.2) is 23.0 Å². The van der Waals surface area contributed by atoms with Crippen LogP contribution in [0.1, 0.15) is 20.7 Å². The van der Waals surface area contributed by atoms with Gasteiger partial charge in [-0.15, -0.1) is 0 Å². The number of carbonyl (C=O) groups excluding carboxylic acids is 2. The fraction of sp³-hybridized carbons (Fsp3) is 0.0667. The van der Waals surface area contributed by atoms with Crippen LogP contribution in [0.4, 0.5) is 0 Å². The number of hydrogen-bond donors (Lipinski definition) is 0. The van der Waals surface area contributed by atoms with Crippen LogP contribution in [0.15, 0.2) is 36.4 Å². The molecule has 0 spiro atoms. The number of hydrogen-bond acceptors (Lipinski definition) is 3. The fourth-order valence-corrected chi connectivity index (χ4v) is 2.08. The molecule has 1 radical (unpaired) electrons. The van der Waals surface area contributed by atoms with Gasteiger partial charge in [0.2, 0.25) is 11.8 Å². The second-order valence-electron chi connectivity index (χ2n) is 4.04. The topological polar surface area (TPSA) is 37.4 Å². The van der Waals surface area contributed by atoms with E-state index in [4.69, 9.17) is 0 Å². The Balaban J connectivity index is 0.000000462. The molecule has 2 aromatic carbocycles. The van der Waals surface area contributed by atoms with Gasteiger partial charge in [0.05, 0.1) is 0 Å². The molecule has 3 rings (SSSR count). The Kier molecular flexibility index (Phi) is 6.55. The van der Waals surface area contributed by atoms with Gasteiger partial charge in [0.1, 0.15) is 0 Å². The zero-order valence-electron chi connectivity index (χ0n) is 10.9. The van der Waals surface area contributed by atoms with Crippen molar-refractivity contribution in [3.8, 4) is 0 Å². The van der Waals surface area contributed by atoms with E-state index in [9.17, 15) is 9.59 Å². The summed E-state index contributed by atoms with van der Waals surface area (Å²) in [6.07, 6.45) is 5.33. The molecule has 0 saturated heterocycles. The number of rotatable bonds is 0. The van der Waals surface area contributed by atoms with E-state index in [0.717, 1.165) is 15.7 Å². The third-order valence-electron chi connectivity index (χ3n) is 2.86. The van der Waals surface area contributed by atoms with Crippen molar-refractivity contribution in [2.45, 2.75) is 0 Å². The molecule has 2 amide bonds. The first kappa shape index (κ1) is 17.5. The minimum Gasteiger partial charge on any atom is -0.430 e. The van der Waals surface area contributed by atoms with Gasteiger partial charge >= 0.3 is 0 Å². The van der Waals surface area contributed by atoms with Gasteiger partial charge in [-0.05, 0) is 23.8 Å². The Morgan fingerprint density at radius 2 is 1.40 bits per heavy atom. The average Bonchev–Trinajstić information content (AvgIpc) is 2.43. The number of thioether (sulfide) groups is 1. The van der Waals surface area contributed by atoms with Crippen molar-refractivity contribution in [2.24, 2.45) is 0 Å². The molecule has 0 atom stereocenters. The van der Waals surface area contributed by atoms with Crippen molar-refractivity contribution in [1.82, 2.24) is 4.90 Å². The molecule has 0 saturated carbocycles. The third-order valence-corrected chi connectivity index (χ3v) is 2.86. The van der Waals surface area contributed by atoms with Gasteiger partial charge in [-0.2, -0.15) is 0 Å². The molecule has 0 aromatic heterocycles. The van der Waals surface area contributed by atoms with E-state index in [2.05, 4.69) is 13.3 Å². The molecular formula is C15H13NO2STb-2.